The van der Waals surface area contributed by atoms with E-state index in [2.05, 4.69) is 5.32 Å². The zero-order valence-electron chi connectivity index (χ0n) is 9.55. The summed E-state index contributed by atoms with van der Waals surface area (Å²) >= 11 is 0. The molecule has 0 saturated heterocycles. The second-order valence-electron chi connectivity index (χ2n) is 4.55. The van der Waals surface area contributed by atoms with E-state index >= 15 is 0 Å². The summed E-state index contributed by atoms with van der Waals surface area (Å²) in [5.74, 6) is -4.07. The molecule has 0 aliphatic heterocycles. The van der Waals surface area contributed by atoms with Crippen molar-refractivity contribution in [3.63, 3.8) is 0 Å². The van der Waals surface area contributed by atoms with Gasteiger partial charge in [-0.1, -0.05) is 0 Å². The van der Waals surface area contributed by atoms with Crippen molar-refractivity contribution in [2.75, 3.05) is 6.54 Å². The number of rotatable bonds is 3. The Morgan fingerprint density at radius 3 is 2.33 bits per heavy atom. The van der Waals surface area contributed by atoms with Crippen molar-refractivity contribution in [3.8, 4) is 0 Å². The van der Waals surface area contributed by atoms with Crippen LogP contribution in [-0.2, 0) is 0 Å². The Morgan fingerprint density at radius 1 is 1.28 bits per heavy atom. The molecule has 1 amide bonds. The van der Waals surface area contributed by atoms with Gasteiger partial charge >= 0.3 is 0 Å². The van der Waals surface area contributed by atoms with Crippen LogP contribution in [0.15, 0.2) is 12.1 Å². The summed E-state index contributed by atoms with van der Waals surface area (Å²) < 4.78 is 39.2. The lowest BCUT2D eigenvalue weighted by Gasteiger charge is -2.32. The normalized spacial score (nSPS) is 22.4. The zero-order valence-corrected chi connectivity index (χ0v) is 9.55. The second-order valence-corrected chi connectivity index (χ2v) is 4.55. The van der Waals surface area contributed by atoms with Gasteiger partial charge in [0.25, 0.3) is 5.91 Å². The fourth-order valence-electron chi connectivity index (χ4n) is 2.04. The van der Waals surface area contributed by atoms with E-state index in [4.69, 9.17) is 5.73 Å². The molecule has 0 heterocycles. The van der Waals surface area contributed by atoms with Crippen LogP contribution in [0.4, 0.5) is 13.2 Å². The van der Waals surface area contributed by atoms with E-state index in [0.29, 0.717) is 18.7 Å². The minimum atomic E-state index is -1.20. The number of benzene rings is 1. The van der Waals surface area contributed by atoms with Gasteiger partial charge in [0.2, 0.25) is 0 Å². The van der Waals surface area contributed by atoms with Crippen LogP contribution in [0.1, 0.15) is 23.2 Å². The molecular weight excluding hydrogens is 245 g/mol. The highest BCUT2D eigenvalue weighted by atomic mass is 19.1. The van der Waals surface area contributed by atoms with Gasteiger partial charge in [-0.25, -0.2) is 13.2 Å². The van der Waals surface area contributed by atoms with Gasteiger partial charge < -0.3 is 11.1 Å². The molecule has 1 fully saturated rings. The highest BCUT2D eigenvalue weighted by molar-refractivity contribution is 5.94. The second kappa shape index (κ2) is 4.97. The monoisotopic (exact) mass is 258 g/mol. The Hall–Kier alpha value is -1.56. The lowest BCUT2D eigenvalue weighted by atomic mass is 9.81. The van der Waals surface area contributed by atoms with Gasteiger partial charge in [-0.2, -0.15) is 0 Å². The summed E-state index contributed by atoms with van der Waals surface area (Å²) in [7, 11) is 0. The van der Waals surface area contributed by atoms with Crippen LogP contribution < -0.4 is 11.1 Å². The molecule has 1 aliphatic carbocycles. The Morgan fingerprint density at radius 2 is 1.83 bits per heavy atom. The lowest BCUT2D eigenvalue weighted by Crippen LogP contribution is -2.42. The summed E-state index contributed by atoms with van der Waals surface area (Å²) in [6.45, 7) is 0.322. The first-order valence-electron chi connectivity index (χ1n) is 5.65. The smallest absolute Gasteiger partial charge is 0.257 e. The highest BCUT2D eigenvalue weighted by Crippen LogP contribution is 2.24. The average Bonchev–Trinajstić information content (AvgIpc) is 2.21. The molecule has 0 radical (unpaired) electrons. The van der Waals surface area contributed by atoms with Crippen molar-refractivity contribution in [2.45, 2.75) is 18.9 Å². The minimum absolute atomic E-state index is 0.145. The van der Waals surface area contributed by atoms with E-state index in [9.17, 15) is 18.0 Å². The number of carbonyl (C=O) groups excluding carboxylic acids is 1. The van der Waals surface area contributed by atoms with Crippen molar-refractivity contribution in [1.29, 1.82) is 0 Å². The summed E-state index contributed by atoms with van der Waals surface area (Å²) in [6, 6.07) is 1.11. The molecule has 1 aliphatic rings. The van der Waals surface area contributed by atoms with E-state index in [1.807, 2.05) is 0 Å². The number of nitrogens with two attached hydrogens (primary N) is 1. The van der Waals surface area contributed by atoms with Crippen LogP contribution in [0.25, 0.3) is 0 Å². The quantitative estimate of drug-likeness (QED) is 0.864. The van der Waals surface area contributed by atoms with E-state index < -0.39 is 28.9 Å². The first-order chi connectivity index (χ1) is 8.47. The van der Waals surface area contributed by atoms with Crippen LogP contribution in [0.3, 0.4) is 0 Å². The maximum atomic E-state index is 13.3. The third-order valence-electron chi connectivity index (χ3n) is 3.06. The van der Waals surface area contributed by atoms with Crippen molar-refractivity contribution in [2.24, 2.45) is 11.7 Å². The van der Waals surface area contributed by atoms with Crippen LogP contribution in [0, 0.1) is 23.4 Å². The Labute approximate surface area is 102 Å². The molecule has 1 aromatic rings. The number of amides is 1. The number of nitrogens with one attached hydrogen (secondary N) is 1. The molecular formula is C12H13F3N2O. The van der Waals surface area contributed by atoms with Crippen molar-refractivity contribution < 1.29 is 18.0 Å². The van der Waals surface area contributed by atoms with Gasteiger partial charge in [-0.3, -0.25) is 4.79 Å². The third kappa shape index (κ3) is 2.64. The van der Waals surface area contributed by atoms with Crippen molar-refractivity contribution in [1.82, 2.24) is 5.32 Å². The molecule has 98 valence electrons. The summed E-state index contributed by atoms with van der Waals surface area (Å²) in [6.07, 6.45) is 1.57. The Bertz CT molecular complexity index is 449. The highest BCUT2D eigenvalue weighted by Gasteiger charge is 2.27. The zero-order chi connectivity index (χ0) is 13.3. The van der Waals surface area contributed by atoms with Gasteiger partial charge in [0.1, 0.15) is 23.0 Å². The fraction of sp³-hybridized carbons (Fsp3) is 0.417. The van der Waals surface area contributed by atoms with Gasteiger partial charge in [0.15, 0.2) is 0 Å². The molecule has 0 spiro atoms. The molecule has 3 N–H and O–H groups in total. The fourth-order valence-corrected chi connectivity index (χ4v) is 2.04. The summed E-state index contributed by atoms with van der Waals surface area (Å²) in [4.78, 5) is 11.6. The molecule has 6 heteroatoms. The van der Waals surface area contributed by atoms with E-state index in [1.54, 1.807) is 0 Å². The first kappa shape index (κ1) is 12.9. The number of halogens is 3. The predicted molar refractivity (Wildman–Crippen MR) is 59.3 cm³/mol. The molecule has 2 rings (SSSR count). The van der Waals surface area contributed by atoms with E-state index in [1.165, 1.54) is 0 Å². The molecule has 1 aromatic carbocycles. The Balaban J connectivity index is 2.00. The van der Waals surface area contributed by atoms with Crippen LogP contribution in [0.5, 0.6) is 0 Å². The van der Waals surface area contributed by atoms with E-state index in [-0.39, 0.29) is 12.0 Å². The lowest BCUT2D eigenvalue weighted by molar-refractivity contribution is 0.0926. The number of hydrogen-bond donors (Lipinski definition) is 2. The summed E-state index contributed by atoms with van der Waals surface area (Å²) in [5, 5.41) is 2.43. The van der Waals surface area contributed by atoms with Gasteiger partial charge in [0, 0.05) is 24.7 Å². The Kier molecular flexibility index (Phi) is 3.56. The molecule has 3 nitrogen and oxygen atoms in total. The standard InChI is InChI=1S/C12H13F3N2O/c13-7-3-9(14)11(10(15)4-7)12(18)17-5-6-1-8(16)2-6/h3-4,6,8H,1-2,5,16H2,(H,17,18). The van der Waals surface area contributed by atoms with Gasteiger partial charge in [0.05, 0.1) is 0 Å². The minimum Gasteiger partial charge on any atom is -0.352 e. The van der Waals surface area contributed by atoms with Gasteiger partial charge in [-0.15, -0.1) is 0 Å². The predicted octanol–water partition coefficient (Wildman–Crippen LogP) is 1.57. The molecule has 0 unspecified atom stereocenters. The third-order valence-corrected chi connectivity index (χ3v) is 3.06. The van der Waals surface area contributed by atoms with Crippen LogP contribution in [0.2, 0.25) is 0 Å². The van der Waals surface area contributed by atoms with Gasteiger partial charge in [-0.05, 0) is 18.8 Å². The van der Waals surface area contributed by atoms with Crippen LogP contribution >= 0.6 is 0 Å². The maximum Gasteiger partial charge on any atom is 0.257 e. The largest absolute Gasteiger partial charge is 0.352 e. The number of hydrogen-bond acceptors (Lipinski definition) is 2. The topological polar surface area (TPSA) is 55.1 Å². The summed E-state index contributed by atoms with van der Waals surface area (Å²) in [5.41, 5.74) is 4.83. The molecule has 0 bridgehead atoms. The first-order valence-corrected chi connectivity index (χ1v) is 5.65. The average molecular weight is 258 g/mol. The van der Waals surface area contributed by atoms with Crippen LogP contribution in [-0.4, -0.2) is 18.5 Å². The van der Waals surface area contributed by atoms with Crippen molar-refractivity contribution in [3.05, 3.63) is 35.1 Å². The molecule has 0 atom stereocenters. The molecule has 1 saturated carbocycles. The molecule has 0 aromatic heterocycles. The number of carbonyl (C=O) groups is 1. The van der Waals surface area contributed by atoms with Crippen molar-refractivity contribution >= 4 is 5.91 Å². The SMILES string of the molecule is NC1CC(CNC(=O)c2c(F)cc(F)cc2F)C1. The maximum absolute atomic E-state index is 13.3. The van der Waals surface area contributed by atoms with E-state index in [0.717, 1.165) is 12.8 Å². The molecule has 18 heavy (non-hydrogen) atoms.